The molecule has 1 aromatic heterocycles. The minimum Gasteiger partial charge on any atom is -0.495 e. The predicted molar refractivity (Wildman–Crippen MR) is 147 cm³/mol. The molecule has 0 unspecified atom stereocenters. The second-order valence-corrected chi connectivity index (χ2v) is 10.1. The highest BCUT2D eigenvalue weighted by molar-refractivity contribution is 6.41. The number of hydrogen-bond acceptors (Lipinski definition) is 7. The van der Waals surface area contributed by atoms with Gasteiger partial charge in [0.1, 0.15) is 11.5 Å². The van der Waals surface area contributed by atoms with Crippen LogP contribution in [0.1, 0.15) is 12.8 Å². The molecule has 9 nitrogen and oxygen atoms in total. The number of likely N-dealkylation sites (tertiary alicyclic amines) is 1. The number of amides is 2. The molecule has 2 aromatic carbocycles. The third kappa shape index (κ3) is 5.08. The van der Waals surface area contributed by atoms with Crippen molar-refractivity contribution >= 4 is 51.9 Å². The van der Waals surface area contributed by atoms with E-state index in [-0.39, 0.29) is 29.8 Å². The maximum absolute atomic E-state index is 12.7. The largest absolute Gasteiger partial charge is 0.495 e. The fourth-order valence-corrected chi connectivity index (χ4v) is 5.39. The molecule has 2 heterocycles. The second-order valence-electron chi connectivity index (χ2n) is 9.34. The van der Waals surface area contributed by atoms with E-state index in [0.717, 1.165) is 23.8 Å². The topological polar surface area (TPSA) is 106 Å². The van der Waals surface area contributed by atoms with Gasteiger partial charge in [0.25, 0.3) is 0 Å². The standard InChI is InChI=1S/C27H27Cl2N5O4/c1-4-22(35)31-18-12-34(26(36)14-5-6-14)13-19(18)33-27-30-11-16-9-15(7-8-17(16)32-27)23-24(28)20(37-2)10-21(38-3)25(23)29/h4,7-11,14,18-19H,1,5-6,12-13H2,2-3H3,(H,31,35)(H,30,32,33)/t18-,19+/m0/s1. The van der Waals surface area contributed by atoms with E-state index in [1.807, 2.05) is 18.2 Å². The Morgan fingerprint density at radius 1 is 1.08 bits per heavy atom. The number of hydrogen-bond donors (Lipinski definition) is 2. The fourth-order valence-electron chi connectivity index (χ4n) is 4.67. The van der Waals surface area contributed by atoms with Crippen LogP contribution in [0.4, 0.5) is 5.95 Å². The molecule has 0 radical (unpaired) electrons. The monoisotopic (exact) mass is 555 g/mol. The number of carbonyl (C=O) groups excluding carboxylic acids is 2. The van der Waals surface area contributed by atoms with Gasteiger partial charge in [-0.3, -0.25) is 9.59 Å². The maximum Gasteiger partial charge on any atom is 0.243 e. The summed E-state index contributed by atoms with van der Waals surface area (Å²) in [5, 5.41) is 7.75. The molecule has 1 saturated carbocycles. The highest BCUT2D eigenvalue weighted by Gasteiger charge is 2.41. The Balaban J connectivity index is 1.41. The average Bonchev–Trinajstić information content (AvgIpc) is 3.70. The summed E-state index contributed by atoms with van der Waals surface area (Å²) < 4.78 is 10.8. The Morgan fingerprint density at radius 2 is 1.76 bits per heavy atom. The molecule has 2 fully saturated rings. The van der Waals surface area contributed by atoms with Crippen LogP contribution in [-0.4, -0.2) is 66.1 Å². The van der Waals surface area contributed by atoms with E-state index >= 15 is 0 Å². The van der Waals surface area contributed by atoms with Crippen LogP contribution in [0.25, 0.3) is 22.0 Å². The number of methoxy groups -OCH3 is 2. The molecule has 2 aliphatic rings. The lowest BCUT2D eigenvalue weighted by atomic mass is 10.0. The summed E-state index contributed by atoms with van der Waals surface area (Å²) in [6, 6.07) is 6.71. The normalized spacial score (nSPS) is 18.8. The summed E-state index contributed by atoms with van der Waals surface area (Å²) in [6.45, 7) is 4.41. The van der Waals surface area contributed by atoms with Gasteiger partial charge in [0.2, 0.25) is 17.8 Å². The van der Waals surface area contributed by atoms with Gasteiger partial charge in [-0.15, -0.1) is 0 Å². The van der Waals surface area contributed by atoms with Crippen molar-refractivity contribution < 1.29 is 19.1 Å². The summed E-state index contributed by atoms with van der Waals surface area (Å²) in [7, 11) is 3.06. The number of fused-ring (bicyclic) bond motifs is 1. The highest BCUT2D eigenvalue weighted by atomic mass is 35.5. The van der Waals surface area contributed by atoms with Crippen molar-refractivity contribution in [1.29, 1.82) is 0 Å². The zero-order valence-electron chi connectivity index (χ0n) is 21.0. The smallest absolute Gasteiger partial charge is 0.243 e. The summed E-state index contributed by atoms with van der Waals surface area (Å²) >= 11 is 13.2. The first kappa shape index (κ1) is 26.1. The van der Waals surface area contributed by atoms with Gasteiger partial charge in [-0.1, -0.05) is 35.8 Å². The molecule has 1 saturated heterocycles. The van der Waals surface area contributed by atoms with Crippen LogP contribution in [-0.2, 0) is 9.59 Å². The number of benzene rings is 2. The summed E-state index contributed by atoms with van der Waals surface area (Å²) in [4.78, 5) is 35.6. The molecule has 5 rings (SSSR count). The van der Waals surface area contributed by atoms with Crippen LogP contribution in [0.2, 0.25) is 10.0 Å². The highest BCUT2D eigenvalue weighted by Crippen LogP contribution is 2.46. The Hall–Kier alpha value is -3.56. The minimum absolute atomic E-state index is 0.0992. The number of rotatable bonds is 8. The fraction of sp³-hybridized carbons (Fsp3) is 0.333. The summed E-state index contributed by atoms with van der Waals surface area (Å²) in [5.41, 5.74) is 2.04. The zero-order chi connectivity index (χ0) is 27.0. The summed E-state index contributed by atoms with van der Waals surface area (Å²) in [6.07, 6.45) is 4.77. The van der Waals surface area contributed by atoms with Crippen LogP contribution in [0.15, 0.2) is 43.1 Å². The lowest BCUT2D eigenvalue weighted by Crippen LogP contribution is -2.45. The Morgan fingerprint density at radius 3 is 2.39 bits per heavy atom. The van der Waals surface area contributed by atoms with E-state index < -0.39 is 0 Å². The molecule has 2 atom stereocenters. The third-order valence-corrected chi connectivity index (χ3v) is 7.58. The van der Waals surface area contributed by atoms with E-state index in [4.69, 9.17) is 32.7 Å². The van der Waals surface area contributed by atoms with Crippen molar-refractivity contribution in [3.05, 3.63) is 53.2 Å². The third-order valence-electron chi connectivity index (χ3n) is 6.83. The molecular formula is C27H27Cl2N5O4. The molecule has 0 bridgehead atoms. The first-order valence-electron chi connectivity index (χ1n) is 12.2. The van der Waals surface area contributed by atoms with E-state index in [9.17, 15) is 9.59 Å². The molecule has 11 heteroatoms. The van der Waals surface area contributed by atoms with Crippen molar-refractivity contribution in [2.75, 3.05) is 32.6 Å². The number of carbonyl (C=O) groups is 2. The van der Waals surface area contributed by atoms with E-state index in [1.165, 1.54) is 20.3 Å². The SMILES string of the molecule is C=CC(=O)N[C@H]1CN(C(=O)C2CC2)C[C@H]1Nc1ncc2cc(-c3c(Cl)c(OC)cc(OC)c3Cl)ccc2n1. The number of nitrogens with zero attached hydrogens (tertiary/aromatic N) is 3. The Kier molecular flexibility index (Phi) is 7.32. The lowest BCUT2D eigenvalue weighted by molar-refractivity contribution is -0.131. The Labute approximate surface area is 230 Å². The van der Waals surface area contributed by atoms with Crippen LogP contribution >= 0.6 is 23.2 Å². The van der Waals surface area contributed by atoms with Gasteiger partial charge < -0.3 is 25.0 Å². The molecular weight excluding hydrogens is 529 g/mol. The van der Waals surface area contributed by atoms with Crippen molar-refractivity contribution in [3.63, 3.8) is 0 Å². The van der Waals surface area contributed by atoms with Gasteiger partial charge in [0.15, 0.2) is 0 Å². The van der Waals surface area contributed by atoms with Crippen LogP contribution in [0.5, 0.6) is 11.5 Å². The van der Waals surface area contributed by atoms with Gasteiger partial charge in [0.05, 0.1) is 41.9 Å². The maximum atomic E-state index is 12.7. The van der Waals surface area contributed by atoms with Gasteiger partial charge in [0, 0.05) is 42.2 Å². The number of aromatic nitrogens is 2. The molecule has 2 N–H and O–H groups in total. The number of nitrogens with one attached hydrogen (secondary N) is 2. The van der Waals surface area contributed by atoms with Gasteiger partial charge in [-0.2, -0.15) is 0 Å². The van der Waals surface area contributed by atoms with Crippen molar-refractivity contribution in [2.45, 2.75) is 24.9 Å². The van der Waals surface area contributed by atoms with Crippen molar-refractivity contribution in [3.8, 4) is 22.6 Å². The van der Waals surface area contributed by atoms with Crippen molar-refractivity contribution in [2.24, 2.45) is 5.92 Å². The first-order chi connectivity index (χ1) is 18.3. The Bertz CT molecular complexity index is 1400. The zero-order valence-corrected chi connectivity index (χ0v) is 22.5. The molecule has 198 valence electrons. The average molecular weight is 556 g/mol. The summed E-state index contributed by atoms with van der Waals surface area (Å²) in [5.74, 6) is 1.23. The van der Waals surface area contributed by atoms with Crippen LogP contribution in [0.3, 0.4) is 0 Å². The minimum atomic E-state index is -0.294. The van der Waals surface area contributed by atoms with Crippen molar-refractivity contribution in [1.82, 2.24) is 20.2 Å². The molecule has 2 amide bonds. The van der Waals surface area contributed by atoms with E-state index in [0.29, 0.717) is 51.7 Å². The quantitative estimate of drug-likeness (QED) is 0.398. The molecule has 1 aliphatic heterocycles. The van der Waals surface area contributed by atoms with Gasteiger partial charge >= 0.3 is 0 Å². The second kappa shape index (κ2) is 10.7. The number of ether oxygens (including phenoxy) is 2. The van der Waals surface area contributed by atoms with Crippen LogP contribution in [0, 0.1) is 5.92 Å². The van der Waals surface area contributed by atoms with E-state index in [1.54, 1.807) is 17.2 Å². The lowest BCUT2D eigenvalue weighted by Gasteiger charge is -2.20. The molecule has 1 aliphatic carbocycles. The number of anilines is 1. The van der Waals surface area contributed by atoms with Crippen LogP contribution < -0.4 is 20.1 Å². The molecule has 0 spiro atoms. The molecule has 38 heavy (non-hydrogen) atoms. The predicted octanol–water partition coefficient (Wildman–Crippen LogP) is 4.32. The molecule has 3 aromatic rings. The van der Waals surface area contributed by atoms with E-state index in [2.05, 4.69) is 27.2 Å². The van der Waals surface area contributed by atoms with Gasteiger partial charge in [-0.25, -0.2) is 9.97 Å². The van der Waals surface area contributed by atoms with Gasteiger partial charge in [-0.05, 0) is 36.6 Å². The number of halogens is 2. The first-order valence-corrected chi connectivity index (χ1v) is 12.9.